The summed E-state index contributed by atoms with van der Waals surface area (Å²) in [7, 11) is 0. The third-order valence-corrected chi connectivity index (χ3v) is 3.36. The van der Waals surface area contributed by atoms with E-state index in [1.165, 1.54) is 28.6 Å². The molecule has 19 heavy (non-hydrogen) atoms. The Balaban J connectivity index is 2.20. The van der Waals surface area contributed by atoms with E-state index in [4.69, 9.17) is 16.5 Å². The summed E-state index contributed by atoms with van der Waals surface area (Å²) in [4.78, 5) is 23.5. The van der Waals surface area contributed by atoms with Crippen LogP contribution in [0.25, 0.3) is 0 Å². The second kappa shape index (κ2) is 6.18. The van der Waals surface area contributed by atoms with E-state index in [0.717, 1.165) is 0 Å². The molecular formula is C10H11ClN4O3S. The lowest BCUT2D eigenvalue weighted by Crippen LogP contribution is -2.40. The molecule has 9 heteroatoms. The van der Waals surface area contributed by atoms with Gasteiger partial charge in [-0.25, -0.2) is 4.68 Å². The van der Waals surface area contributed by atoms with Crippen LogP contribution in [0.2, 0.25) is 0 Å². The van der Waals surface area contributed by atoms with Gasteiger partial charge in [0.05, 0.1) is 13.2 Å². The number of nitrogens with zero attached hydrogens (tertiary/aromatic N) is 3. The minimum Gasteiger partial charge on any atom is -0.377 e. The number of halogens is 1. The van der Waals surface area contributed by atoms with Crippen molar-refractivity contribution in [1.29, 1.82) is 0 Å². The molecule has 1 aromatic heterocycles. The zero-order valence-corrected chi connectivity index (χ0v) is 11.6. The Morgan fingerprint density at radius 2 is 2.37 bits per heavy atom. The Labute approximate surface area is 118 Å². The van der Waals surface area contributed by atoms with Gasteiger partial charge < -0.3 is 4.74 Å². The number of carbonyl (C=O) groups is 1. The number of amides is 1. The SMILES string of the molecule is CS/C(=N\Cl)NC(=O)c1ccc(=O)n(C2COC2)n1. The molecule has 1 aromatic rings. The number of nitrogens with one attached hydrogen (secondary N) is 1. The number of hydrogen-bond acceptors (Lipinski definition) is 6. The molecule has 1 saturated heterocycles. The molecule has 2 heterocycles. The fraction of sp³-hybridized carbons (Fsp3) is 0.400. The van der Waals surface area contributed by atoms with Gasteiger partial charge in [-0.1, -0.05) is 11.8 Å². The van der Waals surface area contributed by atoms with Crippen molar-refractivity contribution in [3.05, 3.63) is 28.2 Å². The second-order valence-electron chi connectivity index (χ2n) is 3.74. The summed E-state index contributed by atoms with van der Waals surface area (Å²) in [6.07, 6.45) is 1.72. The zero-order chi connectivity index (χ0) is 13.8. The molecule has 0 radical (unpaired) electrons. The van der Waals surface area contributed by atoms with Gasteiger partial charge in [0, 0.05) is 17.8 Å². The molecule has 102 valence electrons. The molecule has 1 fully saturated rings. The van der Waals surface area contributed by atoms with Crippen molar-refractivity contribution in [2.24, 2.45) is 4.51 Å². The fourth-order valence-electron chi connectivity index (χ4n) is 1.44. The Hall–Kier alpha value is -1.38. The normalized spacial score (nSPS) is 16.0. The van der Waals surface area contributed by atoms with Crippen LogP contribution in [0.15, 0.2) is 21.4 Å². The summed E-state index contributed by atoms with van der Waals surface area (Å²) in [6.45, 7) is 0.856. The van der Waals surface area contributed by atoms with E-state index in [2.05, 4.69) is 14.9 Å². The van der Waals surface area contributed by atoms with Crippen molar-refractivity contribution in [2.75, 3.05) is 19.5 Å². The molecule has 0 spiro atoms. The topological polar surface area (TPSA) is 85.6 Å². The first-order valence-corrected chi connectivity index (χ1v) is 6.94. The Bertz CT molecular complexity index is 570. The standard InChI is InChI=1S/C10H11ClN4O3S/c1-19-10(13-11)12-9(17)7-2-3-8(16)15(14-7)6-4-18-5-6/h2-3,6H,4-5H2,1H3,(H,12,13,17). The van der Waals surface area contributed by atoms with Gasteiger partial charge in [0.2, 0.25) is 0 Å². The van der Waals surface area contributed by atoms with Crippen LogP contribution >= 0.6 is 23.5 Å². The quantitative estimate of drug-likeness (QED) is 0.632. The Morgan fingerprint density at radius 1 is 1.63 bits per heavy atom. The molecule has 0 bridgehead atoms. The number of carbonyl (C=O) groups excluding carboxylic acids is 1. The second-order valence-corrected chi connectivity index (χ2v) is 4.70. The average Bonchev–Trinajstić information content (AvgIpc) is 2.36. The lowest BCUT2D eigenvalue weighted by molar-refractivity contribution is -0.0309. The lowest BCUT2D eigenvalue weighted by atomic mass is 10.2. The van der Waals surface area contributed by atoms with Gasteiger partial charge in [0.1, 0.15) is 11.7 Å². The van der Waals surface area contributed by atoms with Crippen LogP contribution < -0.4 is 10.9 Å². The van der Waals surface area contributed by atoms with Gasteiger partial charge in [-0.2, -0.15) is 9.61 Å². The van der Waals surface area contributed by atoms with Crippen LogP contribution in [-0.4, -0.2) is 40.3 Å². The monoisotopic (exact) mass is 302 g/mol. The molecule has 0 aromatic carbocycles. The predicted octanol–water partition coefficient (Wildman–Crippen LogP) is 0.417. The van der Waals surface area contributed by atoms with Gasteiger partial charge in [-0.05, 0) is 12.3 Å². The van der Waals surface area contributed by atoms with Crippen molar-refractivity contribution >= 4 is 34.6 Å². The fourth-order valence-corrected chi connectivity index (χ4v) is 1.95. The minimum absolute atomic E-state index is 0.109. The summed E-state index contributed by atoms with van der Waals surface area (Å²) in [6, 6.07) is 2.55. The minimum atomic E-state index is -0.470. The number of amidine groups is 1. The van der Waals surface area contributed by atoms with Gasteiger partial charge in [0.15, 0.2) is 5.17 Å². The van der Waals surface area contributed by atoms with Crippen LogP contribution in [-0.2, 0) is 4.74 Å². The third kappa shape index (κ3) is 3.14. The maximum absolute atomic E-state index is 11.9. The van der Waals surface area contributed by atoms with Crippen molar-refractivity contribution in [3.8, 4) is 0 Å². The van der Waals surface area contributed by atoms with E-state index in [1.807, 2.05) is 0 Å². The summed E-state index contributed by atoms with van der Waals surface area (Å²) in [5, 5.41) is 6.77. The molecule has 0 unspecified atom stereocenters. The van der Waals surface area contributed by atoms with Crippen LogP contribution in [0, 0.1) is 0 Å². The van der Waals surface area contributed by atoms with Crippen LogP contribution in [0.5, 0.6) is 0 Å². The average molecular weight is 303 g/mol. The highest BCUT2D eigenvalue weighted by molar-refractivity contribution is 8.13. The summed E-state index contributed by atoms with van der Waals surface area (Å²) in [5.74, 6) is -0.470. The van der Waals surface area contributed by atoms with Gasteiger partial charge in [-0.15, -0.1) is 0 Å². The maximum Gasteiger partial charge on any atom is 0.277 e. The molecule has 7 nitrogen and oxygen atoms in total. The molecule has 0 aliphatic carbocycles. The summed E-state index contributed by atoms with van der Waals surface area (Å²) >= 11 is 6.49. The number of thioether (sulfide) groups is 1. The Morgan fingerprint density at radius 3 is 2.89 bits per heavy atom. The molecule has 0 saturated carbocycles. The van der Waals surface area contributed by atoms with Gasteiger partial charge >= 0.3 is 0 Å². The number of rotatable bonds is 2. The molecule has 1 N–H and O–H groups in total. The molecule has 0 atom stereocenters. The lowest BCUT2D eigenvalue weighted by Gasteiger charge is -2.26. The highest BCUT2D eigenvalue weighted by Gasteiger charge is 2.23. The molecular weight excluding hydrogens is 292 g/mol. The highest BCUT2D eigenvalue weighted by atomic mass is 35.5. The number of hydrogen-bond donors (Lipinski definition) is 1. The first kappa shape index (κ1) is 14.0. The third-order valence-electron chi connectivity index (χ3n) is 2.51. The van der Waals surface area contributed by atoms with E-state index in [-0.39, 0.29) is 22.5 Å². The maximum atomic E-state index is 11.9. The van der Waals surface area contributed by atoms with Crippen molar-refractivity contribution in [3.63, 3.8) is 0 Å². The molecule has 1 aliphatic heterocycles. The van der Waals surface area contributed by atoms with Crippen molar-refractivity contribution in [1.82, 2.24) is 15.1 Å². The summed E-state index contributed by atoms with van der Waals surface area (Å²) in [5.41, 5.74) is -0.140. The largest absolute Gasteiger partial charge is 0.377 e. The first-order chi connectivity index (χ1) is 9.15. The molecule has 2 rings (SSSR count). The molecule has 1 aliphatic rings. The van der Waals surface area contributed by atoms with Crippen LogP contribution in [0.4, 0.5) is 0 Å². The Kier molecular flexibility index (Phi) is 4.56. The first-order valence-electron chi connectivity index (χ1n) is 5.37. The van der Waals surface area contributed by atoms with E-state index < -0.39 is 5.91 Å². The van der Waals surface area contributed by atoms with E-state index >= 15 is 0 Å². The van der Waals surface area contributed by atoms with E-state index in [1.54, 1.807) is 6.26 Å². The van der Waals surface area contributed by atoms with Crippen LogP contribution in [0.1, 0.15) is 16.5 Å². The van der Waals surface area contributed by atoms with E-state index in [9.17, 15) is 9.59 Å². The number of ether oxygens (including phenoxy) is 1. The highest BCUT2D eigenvalue weighted by Crippen LogP contribution is 2.13. The van der Waals surface area contributed by atoms with Gasteiger partial charge in [0.25, 0.3) is 11.5 Å². The predicted molar refractivity (Wildman–Crippen MR) is 72.6 cm³/mol. The van der Waals surface area contributed by atoms with Crippen LogP contribution in [0.3, 0.4) is 0 Å². The van der Waals surface area contributed by atoms with Gasteiger partial charge in [-0.3, -0.25) is 14.9 Å². The molecule has 1 amide bonds. The summed E-state index contributed by atoms with van der Waals surface area (Å²) < 4.78 is 9.64. The van der Waals surface area contributed by atoms with Crippen molar-refractivity contribution < 1.29 is 9.53 Å². The smallest absolute Gasteiger partial charge is 0.277 e. The van der Waals surface area contributed by atoms with Crippen molar-refractivity contribution in [2.45, 2.75) is 6.04 Å². The number of aromatic nitrogens is 2. The zero-order valence-electron chi connectivity index (χ0n) is 10.00. The van der Waals surface area contributed by atoms with E-state index in [0.29, 0.717) is 13.2 Å².